The Bertz CT molecular complexity index is 863. The number of unbranched alkanes of at least 4 members (excludes halogenated alkanes) is 11. The predicted molar refractivity (Wildman–Crippen MR) is 159 cm³/mol. The molecular formula is C34H54NO3+. The second kappa shape index (κ2) is 18.8. The Hall–Kier alpha value is -2.33. The molecule has 0 aliphatic heterocycles. The van der Waals surface area contributed by atoms with E-state index < -0.39 is 6.29 Å². The van der Waals surface area contributed by atoms with E-state index in [1.54, 1.807) is 0 Å². The first kappa shape index (κ1) is 31.9. The molecule has 2 aromatic rings. The summed E-state index contributed by atoms with van der Waals surface area (Å²) in [5, 5.41) is 0. The maximum atomic E-state index is 12.6. The Morgan fingerprint density at radius 1 is 0.711 bits per heavy atom. The van der Waals surface area contributed by atoms with Gasteiger partial charge < -0.3 is 14.0 Å². The average Bonchev–Trinajstić information content (AvgIpc) is 2.89. The molecular weight excluding hydrogens is 470 g/mol. The second-order valence-electron chi connectivity index (χ2n) is 11.5. The molecule has 0 spiro atoms. The van der Waals surface area contributed by atoms with Crippen molar-refractivity contribution in [3.8, 4) is 5.75 Å². The van der Waals surface area contributed by atoms with Crippen molar-refractivity contribution in [1.29, 1.82) is 0 Å². The molecule has 38 heavy (non-hydrogen) atoms. The van der Waals surface area contributed by atoms with Crippen molar-refractivity contribution in [3.05, 3.63) is 65.7 Å². The number of hydrogen-bond acceptors (Lipinski definition) is 3. The molecule has 0 bridgehead atoms. The van der Waals surface area contributed by atoms with Crippen molar-refractivity contribution in [3.63, 3.8) is 0 Å². The van der Waals surface area contributed by atoms with E-state index in [2.05, 4.69) is 31.2 Å². The van der Waals surface area contributed by atoms with Crippen LogP contribution in [0.25, 0.3) is 0 Å². The highest BCUT2D eigenvalue weighted by Gasteiger charge is 2.24. The molecule has 0 saturated heterocycles. The molecule has 0 aliphatic carbocycles. The fraction of sp³-hybridized carbons (Fsp3) is 0.618. The molecule has 0 N–H and O–H groups in total. The fourth-order valence-corrected chi connectivity index (χ4v) is 4.91. The van der Waals surface area contributed by atoms with Crippen LogP contribution < -0.4 is 4.74 Å². The summed E-state index contributed by atoms with van der Waals surface area (Å²) >= 11 is 0. The number of benzene rings is 2. The van der Waals surface area contributed by atoms with Crippen LogP contribution >= 0.6 is 0 Å². The first-order chi connectivity index (χ1) is 18.4. The Morgan fingerprint density at radius 3 is 1.82 bits per heavy atom. The second-order valence-corrected chi connectivity index (χ2v) is 11.5. The summed E-state index contributed by atoms with van der Waals surface area (Å²) < 4.78 is 12.2. The summed E-state index contributed by atoms with van der Waals surface area (Å²) in [7, 11) is 4.09. The third-order valence-corrected chi connectivity index (χ3v) is 7.12. The molecule has 4 nitrogen and oxygen atoms in total. The van der Waals surface area contributed by atoms with Crippen molar-refractivity contribution in [1.82, 2.24) is 0 Å². The SMILES string of the molecule is CCCCCCCCCCCCCCc1ccc(OC(CC)OC(=O)C[N+](C)(C)Cc2ccccc2)cc1. The lowest BCUT2D eigenvalue weighted by Gasteiger charge is -2.29. The summed E-state index contributed by atoms with van der Waals surface area (Å²) in [5.41, 5.74) is 2.55. The third kappa shape index (κ3) is 14.6. The van der Waals surface area contributed by atoms with Gasteiger partial charge in [0.05, 0.1) is 14.1 Å². The zero-order chi connectivity index (χ0) is 27.5. The zero-order valence-corrected chi connectivity index (χ0v) is 24.8. The van der Waals surface area contributed by atoms with Gasteiger partial charge in [-0.3, -0.25) is 0 Å². The van der Waals surface area contributed by atoms with Gasteiger partial charge in [0.2, 0.25) is 6.29 Å². The number of rotatable bonds is 21. The molecule has 1 atom stereocenters. The lowest BCUT2D eigenvalue weighted by atomic mass is 10.0. The molecule has 0 aromatic heterocycles. The van der Waals surface area contributed by atoms with Gasteiger partial charge in [-0.2, -0.15) is 0 Å². The van der Waals surface area contributed by atoms with Gasteiger partial charge >= 0.3 is 5.97 Å². The largest absolute Gasteiger partial charge is 0.455 e. The Morgan fingerprint density at radius 2 is 1.26 bits per heavy atom. The summed E-state index contributed by atoms with van der Waals surface area (Å²) in [6.07, 6.45) is 17.7. The third-order valence-electron chi connectivity index (χ3n) is 7.12. The van der Waals surface area contributed by atoms with Crippen LogP contribution in [0.3, 0.4) is 0 Å². The minimum absolute atomic E-state index is 0.235. The van der Waals surface area contributed by atoms with Crippen LogP contribution in [0.4, 0.5) is 0 Å². The number of esters is 1. The molecule has 0 heterocycles. The maximum Gasteiger partial charge on any atom is 0.364 e. The van der Waals surface area contributed by atoms with Crippen molar-refractivity contribution >= 4 is 5.97 Å². The van der Waals surface area contributed by atoms with Crippen LogP contribution in [0.2, 0.25) is 0 Å². The number of carbonyl (C=O) groups excluding carboxylic acids is 1. The first-order valence-corrected chi connectivity index (χ1v) is 15.2. The Labute approximate surface area is 233 Å². The number of nitrogens with zero attached hydrogens (tertiary/aromatic N) is 1. The molecule has 1 unspecified atom stereocenters. The Kier molecular flexibility index (Phi) is 15.8. The molecule has 0 fully saturated rings. The topological polar surface area (TPSA) is 35.5 Å². The maximum absolute atomic E-state index is 12.6. The molecule has 0 saturated carbocycles. The Balaban J connectivity index is 1.60. The van der Waals surface area contributed by atoms with Gasteiger partial charge in [-0.25, -0.2) is 4.79 Å². The van der Waals surface area contributed by atoms with E-state index >= 15 is 0 Å². The predicted octanol–water partition coefficient (Wildman–Crippen LogP) is 8.86. The molecule has 2 rings (SSSR count). The van der Waals surface area contributed by atoms with Gasteiger partial charge in [-0.05, 0) is 30.5 Å². The number of quaternary nitrogens is 1. The zero-order valence-electron chi connectivity index (χ0n) is 24.8. The van der Waals surface area contributed by atoms with Gasteiger partial charge in [-0.15, -0.1) is 0 Å². The van der Waals surface area contributed by atoms with Crippen LogP contribution in [0.5, 0.6) is 5.75 Å². The number of likely N-dealkylation sites (N-methyl/N-ethyl adjacent to an activating group) is 1. The molecule has 0 aliphatic rings. The quantitative estimate of drug-likeness (QED) is 0.0708. The van der Waals surface area contributed by atoms with Gasteiger partial charge in [0.25, 0.3) is 0 Å². The minimum Gasteiger partial charge on any atom is -0.455 e. The van der Waals surface area contributed by atoms with Crippen LogP contribution in [0.15, 0.2) is 54.6 Å². The summed E-state index contributed by atoms with van der Waals surface area (Å²) in [6.45, 7) is 5.33. The minimum atomic E-state index is -0.568. The van der Waals surface area contributed by atoms with Gasteiger partial charge in [0.1, 0.15) is 12.3 Å². The van der Waals surface area contributed by atoms with Crippen molar-refractivity contribution in [2.75, 3.05) is 20.6 Å². The van der Waals surface area contributed by atoms with Crippen molar-refractivity contribution < 1.29 is 18.8 Å². The van der Waals surface area contributed by atoms with E-state index in [1.165, 1.54) is 88.2 Å². The van der Waals surface area contributed by atoms with Crippen LogP contribution in [0, 0.1) is 0 Å². The summed E-state index contributed by atoms with van der Waals surface area (Å²) in [6, 6.07) is 18.5. The number of carbonyl (C=O) groups is 1. The lowest BCUT2D eigenvalue weighted by Crippen LogP contribution is -2.44. The van der Waals surface area contributed by atoms with Gasteiger partial charge in [0, 0.05) is 12.0 Å². The molecule has 4 heteroatoms. The van der Waals surface area contributed by atoms with Gasteiger partial charge in [0.15, 0.2) is 6.54 Å². The van der Waals surface area contributed by atoms with Crippen LogP contribution in [0.1, 0.15) is 108 Å². The van der Waals surface area contributed by atoms with Gasteiger partial charge in [-0.1, -0.05) is 127 Å². The monoisotopic (exact) mass is 524 g/mol. The van der Waals surface area contributed by atoms with E-state index in [4.69, 9.17) is 9.47 Å². The number of hydrogen-bond donors (Lipinski definition) is 0. The average molecular weight is 525 g/mol. The number of aryl methyl sites for hydroxylation is 1. The molecule has 0 radical (unpaired) electrons. The smallest absolute Gasteiger partial charge is 0.364 e. The molecule has 212 valence electrons. The normalized spacial score (nSPS) is 12.3. The molecule has 2 aromatic carbocycles. The van der Waals surface area contributed by atoms with Crippen LogP contribution in [-0.2, 0) is 22.5 Å². The van der Waals surface area contributed by atoms with Crippen molar-refractivity contribution in [2.45, 2.75) is 117 Å². The number of ether oxygens (including phenoxy) is 2. The highest BCUT2D eigenvalue weighted by Crippen LogP contribution is 2.19. The fourth-order valence-electron chi connectivity index (χ4n) is 4.91. The standard InChI is InChI=1S/C34H54NO3/c1-5-7-8-9-10-11-12-13-14-15-16-18-21-30-24-26-32(27-25-30)37-34(6-2)38-33(36)29-35(3,4)28-31-22-19-17-20-23-31/h17,19-20,22-27,34H,5-16,18,21,28-29H2,1-4H3/q+1. The van der Waals surface area contributed by atoms with E-state index in [9.17, 15) is 4.79 Å². The van der Waals surface area contributed by atoms with E-state index in [1.807, 2.05) is 51.4 Å². The summed E-state index contributed by atoms with van der Waals surface area (Å²) in [4.78, 5) is 12.6. The lowest BCUT2D eigenvalue weighted by molar-refractivity contribution is -0.896. The highest BCUT2D eigenvalue weighted by molar-refractivity contribution is 5.70. The van der Waals surface area contributed by atoms with Crippen LogP contribution in [-0.4, -0.2) is 37.4 Å². The summed E-state index contributed by atoms with van der Waals surface area (Å²) in [5.74, 6) is 0.516. The van der Waals surface area contributed by atoms with E-state index in [0.717, 1.165) is 18.7 Å². The van der Waals surface area contributed by atoms with E-state index in [0.29, 0.717) is 17.4 Å². The highest BCUT2D eigenvalue weighted by atomic mass is 16.7. The van der Waals surface area contributed by atoms with Crippen molar-refractivity contribution in [2.24, 2.45) is 0 Å². The van der Waals surface area contributed by atoms with E-state index in [-0.39, 0.29) is 5.97 Å². The molecule has 0 amide bonds. The first-order valence-electron chi connectivity index (χ1n) is 15.2.